The molecule has 1 aromatic rings. The van der Waals surface area contributed by atoms with E-state index >= 15 is 0 Å². The lowest BCUT2D eigenvalue weighted by molar-refractivity contribution is 0.113. The van der Waals surface area contributed by atoms with E-state index in [2.05, 4.69) is 9.97 Å². The van der Waals surface area contributed by atoms with Crippen LogP contribution < -0.4 is 10.3 Å². The topological polar surface area (TPSA) is 95.4 Å². The SMILES string of the molecule is COc1c(SCC(O)CO)nc[nH]c1=O. The lowest BCUT2D eigenvalue weighted by Gasteiger charge is -2.07. The number of aliphatic hydroxyl groups is 2. The highest BCUT2D eigenvalue weighted by Crippen LogP contribution is 2.22. The second-order valence-electron chi connectivity index (χ2n) is 2.72. The molecule has 7 heteroatoms. The number of hydrogen-bond donors (Lipinski definition) is 3. The molecule has 6 nitrogen and oxygen atoms in total. The summed E-state index contributed by atoms with van der Waals surface area (Å²) in [6.45, 7) is -0.321. The molecule has 1 rings (SSSR count). The van der Waals surface area contributed by atoms with Gasteiger partial charge >= 0.3 is 0 Å². The number of H-pyrrole nitrogens is 1. The molecule has 0 aliphatic heterocycles. The number of aromatic amines is 1. The van der Waals surface area contributed by atoms with Crippen LogP contribution in [0.15, 0.2) is 16.1 Å². The number of aromatic nitrogens is 2. The molecule has 0 spiro atoms. The van der Waals surface area contributed by atoms with Crippen LogP contribution in [0.3, 0.4) is 0 Å². The molecule has 0 aliphatic carbocycles. The Morgan fingerprint density at radius 3 is 3.07 bits per heavy atom. The maximum atomic E-state index is 11.2. The van der Waals surface area contributed by atoms with Gasteiger partial charge in [-0.1, -0.05) is 11.8 Å². The smallest absolute Gasteiger partial charge is 0.294 e. The molecule has 0 saturated carbocycles. The van der Waals surface area contributed by atoms with Crippen LogP contribution in [0.4, 0.5) is 0 Å². The Morgan fingerprint density at radius 1 is 1.73 bits per heavy atom. The van der Waals surface area contributed by atoms with Gasteiger partial charge in [0.1, 0.15) is 5.03 Å². The summed E-state index contributed by atoms with van der Waals surface area (Å²) in [5, 5.41) is 18.1. The molecule has 0 saturated heterocycles. The van der Waals surface area contributed by atoms with Crippen LogP contribution in [0.1, 0.15) is 0 Å². The van der Waals surface area contributed by atoms with Crippen LogP contribution in [0.25, 0.3) is 0 Å². The van der Waals surface area contributed by atoms with E-state index in [1.165, 1.54) is 13.4 Å². The minimum atomic E-state index is -0.833. The molecule has 3 N–H and O–H groups in total. The first-order valence-corrected chi connectivity index (χ1v) is 5.21. The van der Waals surface area contributed by atoms with E-state index in [1.54, 1.807) is 0 Å². The second-order valence-corrected chi connectivity index (χ2v) is 3.73. The van der Waals surface area contributed by atoms with Gasteiger partial charge in [-0.25, -0.2) is 4.98 Å². The fourth-order valence-corrected chi connectivity index (χ4v) is 1.77. The predicted molar refractivity (Wildman–Crippen MR) is 55.2 cm³/mol. The van der Waals surface area contributed by atoms with E-state index in [0.717, 1.165) is 11.8 Å². The van der Waals surface area contributed by atoms with E-state index in [1.807, 2.05) is 0 Å². The summed E-state index contributed by atoms with van der Waals surface area (Å²) < 4.78 is 4.87. The Kier molecular flexibility index (Phi) is 4.60. The molecule has 1 aromatic heterocycles. The molecule has 0 fully saturated rings. The Morgan fingerprint density at radius 2 is 2.47 bits per heavy atom. The van der Waals surface area contributed by atoms with Crippen LogP contribution in [0, 0.1) is 0 Å². The fourth-order valence-electron chi connectivity index (χ4n) is 0.881. The zero-order valence-corrected chi connectivity index (χ0v) is 8.95. The molecule has 1 heterocycles. The van der Waals surface area contributed by atoms with Gasteiger partial charge in [-0.05, 0) is 0 Å². The van der Waals surface area contributed by atoms with Crippen molar-refractivity contribution in [3.8, 4) is 5.75 Å². The van der Waals surface area contributed by atoms with Gasteiger partial charge < -0.3 is 19.9 Å². The number of nitrogens with one attached hydrogen (secondary N) is 1. The third-order valence-electron chi connectivity index (χ3n) is 1.61. The number of aliphatic hydroxyl groups excluding tert-OH is 2. The second kappa shape index (κ2) is 5.74. The third-order valence-corrected chi connectivity index (χ3v) is 2.72. The Hall–Kier alpha value is -1.05. The van der Waals surface area contributed by atoms with Gasteiger partial charge in [0.15, 0.2) is 0 Å². The quantitative estimate of drug-likeness (QED) is 0.455. The van der Waals surface area contributed by atoms with E-state index in [4.69, 9.17) is 14.9 Å². The molecule has 1 atom stereocenters. The fraction of sp³-hybridized carbons (Fsp3) is 0.500. The standard InChI is InChI=1S/C8H12N2O4S/c1-14-6-7(13)9-4-10-8(6)15-3-5(12)2-11/h4-5,11-12H,2-3H2,1H3,(H,9,10,13). The Labute approximate surface area is 90.3 Å². The minimum absolute atomic E-state index is 0.118. The Bertz CT molecular complexity index is 368. The van der Waals surface area contributed by atoms with Gasteiger partial charge in [0.05, 0.1) is 26.1 Å². The highest BCUT2D eigenvalue weighted by molar-refractivity contribution is 7.99. The van der Waals surface area contributed by atoms with Crippen molar-refractivity contribution in [2.45, 2.75) is 11.1 Å². The summed E-state index contributed by atoms with van der Waals surface area (Å²) in [6.07, 6.45) is 0.430. The molecule has 0 aliphatic rings. The zero-order chi connectivity index (χ0) is 11.3. The van der Waals surface area contributed by atoms with Crippen LogP contribution in [-0.4, -0.2) is 45.8 Å². The van der Waals surface area contributed by atoms with E-state index < -0.39 is 6.10 Å². The highest BCUT2D eigenvalue weighted by atomic mass is 32.2. The highest BCUT2D eigenvalue weighted by Gasteiger charge is 2.11. The predicted octanol–water partition coefficient (Wildman–Crippen LogP) is -0.776. The molecule has 84 valence electrons. The maximum absolute atomic E-state index is 11.2. The largest absolute Gasteiger partial charge is 0.489 e. The third kappa shape index (κ3) is 3.22. The first kappa shape index (κ1) is 12.0. The van der Waals surface area contributed by atoms with Crippen molar-refractivity contribution in [1.82, 2.24) is 9.97 Å². The van der Waals surface area contributed by atoms with Crippen molar-refractivity contribution in [2.75, 3.05) is 19.5 Å². The van der Waals surface area contributed by atoms with Crippen molar-refractivity contribution >= 4 is 11.8 Å². The summed E-state index contributed by atoms with van der Waals surface area (Å²) in [6, 6.07) is 0. The number of methoxy groups -OCH3 is 1. The average molecular weight is 232 g/mol. The molecule has 0 aromatic carbocycles. The lowest BCUT2D eigenvalue weighted by Crippen LogP contribution is -2.16. The lowest BCUT2D eigenvalue weighted by atomic mass is 10.4. The summed E-state index contributed by atoms with van der Waals surface area (Å²) in [5.74, 6) is 0.371. The number of ether oxygens (including phenoxy) is 1. The monoisotopic (exact) mass is 232 g/mol. The van der Waals surface area contributed by atoms with Gasteiger partial charge in [0.25, 0.3) is 5.56 Å². The van der Waals surface area contributed by atoms with Crippen LogP contribution in [0.5, 0.6) is 5.75 Å². The molecular weight excluding hydrogens is 220 g/mol. The first-order chi connectivity index (χ1) is 7.19. The van der Waals surface area contributed by atoms with Gasteiger partial charge in [-0.15, -0.1) is 0 Å². The molecule has 0 radical (unpaired) electrons. The summed E-state index contributed by atoms with van der Waals surface area (Å²) in [5.41, 5.74) is -0.367. The van der Waals surface area contributed by atoms with E-state index in [-0.39, 0.29) is 23.7 Å². The summed E-state index contributed by atoms with van der Waals surface area (Å²) >= 11 is 1.15. The zero-order valence-electron chi connectivity index (χ0n) is 8.14. The van der Waals surface area contributed by atoms with E-state index in [9.17, 15) is 4.79 Å². The van der Waals surface area contributed by atoms with Crippen molar-refractivity contribution in [1.29, 1.82) is 0 Å². The normalized spacial score (nSPS) is 12.5. The number of hydrogen-bond acceptors (Lipinski definition) is 6. The van der Waals surface area contributed by atoms with Crippen LogP contribution >= 0.6 is 11.8 Å². The van der Waals surface area contributed by atoms with Crippen molar-refractivity contribution in [3.05, 3.63) is 16.7 Å². The number of nitrogens with zero attached hydrogens (tertiary/aromatic N) is 1. The average Bonchev–Trinajstić information content (AvgIpc) is 2.25. The van der Waals surface area contributed by atoms with Crippen LogP contribution in [0.2, 0.25) is 0 Å². The number of thioether (sulfide) groups is 1. The summed E-state index contributed by atoms with van der Waals surface area (Å²) in [7, 11) is 1.37. The van der Waals surface area contributed by atoms with Crippen LogP contribution in [-0.2, 0) is 0 Å². The van der Waals surface area contributed by atoms with Gasteiger partial charge in [0, 0.05) is 5.75 Å². The molecule has 1 unspecified atom stereocenters. The summed E-state index contributed by atoms with van der Waals surface area (Å²) in [4.78, 5) is 17.5. The Balaban J connectivity index is 2.76. The van der Waals surface area contributed by atoms with Crippen molar-refractivity contribution in [3.63, 3.8) is 0 Å². The van der Waals surface area contributed by atoms with Gasteiger partial charge in [-0.2, -0.15) is 0 Å². The van der Waals surface area contributed by atoms with Crippen molar-refractivity contribution < 1.29 is 14.9 Å². The molecule has 15 heavy (non-hydrogen) atoms. The molecule has 0 amide bonds. The first-order valence-electron chi connectivity index (χ1n) is 4.22. The minimum Gasteiger partial charge on any atom is -0.489 e. The number of rotatable bonds is 5. The van der Waals surface area contributed by atoms with Crippen molar-refractivity contribution in [2.24, 2.45) is 0 Å². The maximum Gasteiger partial charge on any atom is 0.294 e. The van der Waals surface area contributed by atoms with E-state index in [0.29, 0.717) is 5.03 Å². The molecule has 0 bridgehead atoms. The van der Waals surface area contributed by atoms with Gasteiger partial charge in [0.2, 0.25) is 5.75 Å². The molecular formula is C8H12N2O4S. The van der Waals surface area contributed by atoms with Gasteiger partial charge in [-0.3, -0.25) is 4.79 Å².